The third-order valence-electron chi connectivity index (χ3n) is 6.35. The largest absolute Gasteiger partial charge is 0.486 e. The van der Waals surface area contributed by atoms with Gasteiger partial charge in [-0.15, -0.1) is 0 Å². The zero-order valence-electron chi connectivity index (χ0n) is 21.9. The van der Waals surface area contributed by atoms with Crippen molar-refractivity contribution in [2.24, 2.45) is 5.92 Å². The third kappa shape index (κ3) is 7.21. The van der Waals surface area contributed by atoms with Crippen LogP contribution >= 0.6 is 0 Å². The van der Waals surface area contributed by atoms with Crippen LogP contribution in [-0.2, 0) is 36.9 Å². The number of alkyl halides is 6. The molecular weight excluding hydrogens is 586 g/mol. The number of carbonyl (C=O) groups excluding carboxylic acids is 1. The number of nitrogens with zero attached hydrogens (tertiary/aromatic N) is 2. The second kappa shape index (κ2) is 11.4. The molecule has 1 N–H and O–H groups in total. The van der Waals surface area contributed by atoms with Crippen molar-refractivity contribution in [2.75, 3.05) is 10.8 Å². The minimum Gasteiger partial charge on any atom is -0.486 e. The van der Waals surface area contributed by atoms with Gasteiger partial charge < -0.3 is 14.6 Å². The van der Waals surface area contributed by atoms with E-state index in [-0.39, 0.29) is 29.8 Å². The predicted molar refractivity (Wildman–Crippen MR) is 131 cm³/mol. The van der Waals surface area contributed by atoms with Crippen molar-refractivity contribution in [2.45, 2.75) is 69.0 Å². The topological polar surface area (TPSA) is 123 Å². The number of rotatable bonds is 9. The van der Waals surface area contributed by atoms with Gasteiger partial charge in [0.15, 0.2) is 0 Å². The van der Waals surface area contributed by atoms with Crippen molar-refractivity contribution < 1.29 is 58.9 Å². The number of halogens is 6. The summed E-state index contributed by atoms with van der Waals surface area (Å²) in [6.45, 7) is 2.41. The summed E-state index contributed by atoms with van der Waals surface area (Å²) < 4.78 is 118. The van der Waals surface area contributed by atoms with E-state index in [1.54, 1.807) is 6.92 Å². The molecule has 0 spiro atoms. The Kier molecular flexibility index (Phi) is 8.86. The molecule has 41 heavy (non-hydrogen) atoms. The Morgan fingerprint density at radius 3 is 2.37 bits per heavy atom. The van der Waals surface area contributed by atoms with Crippen LogP contribution in [0.15, 0.2) is 41.4 Å². The van der Waals surface area contributed by atoms with Gasteiger partial charge in [0, 0.05) is 6.20 Å². The van der Waals surface area contributed by atoms with E-state index in [0.717, 1.165) is 16.4 Å². The molecule has 0 bridgehead atoms. The summed E-state index contributed by atoms with van der Waals surface area (Å²) in [4.78, 5) is 26.3. The molecule has 2 aromatic rings. The van der Waals surface area contributed by atoms with Crippen molar-refractivity contribution >= 4 is 27.6 Å². The van der Waals surface area contributed by atoms with E-state index in [1.807, 2.05) is 0 Å². The number of aromatic nitrogens is 1. The first-order valence-electron chi connectivity index (χ1n) is 12.1. The zero-order chi connectivity index (χ0) is 31.0. The number of hydrogen-bond donors (Lipinski definition) is 1. The molecule has 9 nitrogen and oxygen atoms in total. The molecular formula is C25H26F6N2O7S. The standard InChI is InChI=1S/C25H26F6N2O7S/c1-4-15(22(35)36)11-16-13-33(41(37,38)17-7-8-32-20(12-17)24(26,27)28)18-9-14(5-6-19(18)39-16)10-21(34)40-23(2,3)25(29,30)31/h5-9,12,15-16H,4,10-11,13H2,1-3H3,(H,35,36)/t15-,16+/m1/s1. The van der Waals surface area contributed by atoms with Gasteiger partial charge >= 0.3 is 24.3 Å². The summed E-state index contributed by atoms with van der Waals surface area (Å²) in [6.07, 6.45) is -10.8. The highest BCUT2D eigenvalue weighted by molar-refractivity contribution is 7.92. The highest BCUT2D eigenvalue weighted by atomic mass is 32.2. The second-order valence-electron chi connectivity index (χ2n) is 9.79. The molecule has 1 aromatic heterocycles. The summed E-state index contributed by atoms with van der Waals surface area (Å²) in [7, 11) is -4.75. The van der Waals surface area contributed by atoms with Gasteiger partial charge in [-0.3, -0.25) is 18.9 Å². The highest BCUT2D eigenvalue weighted by Gasteiger charge is 2.50. The van der Waals surface area contributed by atoms with E-state index in [2.05, 4.69) is 9.72 Å². The fourth-order valence-electron chi connectivity index (χ4n) is 3.98. The number of sulfonamides is 1. The first-order chi connectivity index (χ1) is 18.8. The number of carboxylic acid groups (broad SMARTS) is 1. The molecule has 0 radical (unpaired) electrons. The molecule has 1 aliphatic rings. The summed E-state index contributed by atoms with van der Waals surface area (Å²) in [6, 6.07) is 4.83. The van der Waals surface area contributed by atoms with Crippen LogP contribution in [0.3, 0.4) is 0 Å². The van der Waals surface area contributed by atoms with E-state index in [1.165, 1.54) is 12.1 Å². The number of anilines is 1. The van der Waals surface area contributed by atoms with Crippen molar-refractivity contribution in [3.63, 3.8) is 0 Å². The monoisotopic (exact) mass is 612 g/mol. The van der Waals surface area contributed by atoms with Crippen LogP contribution in [0.1, 0.15) is 44.9 Å². The number of aliphatic carboxylic acids is 1. The number of esters is 1. The van der Waals surface area contributed by atoms with Gasteiger partial charge in [-0.25, -0.2) is 8.42 Å². The van der Waals surface area contributed by atoms with Crippen LogP contribution < -0.4 is 9.04 Å². The van der Waals surface area contributed by atoms with Gasteiger partial charge in [0.1, 0.15) is 17.5 Å². The molecule has 1 aromatic carbocycles. The molecule has 0 amide bonds. The first kappa shape index (κ1) is 32.0. The molecule has 16 heteroatoms. The molecule has 0 fully saturated rings. The summed E-state index contributed by atoms with van der Waals surface area (Å²) in [5, 5.41) is 9.45. The predicted octanol–water partition coefficient (Wildman–Crippen LogP) is 4.98. The average molecular weight is 613 g/mol. The number of benzene rings is 1. The Hall–Kier alpha value is -3.56. The maximum atomic E-state index is 13.6. The average Bonchev–Trinajstić information content (AvgIpc) is 2.85. The number of ether oxygens (including phenoxy) is 2. The molecule has 226 valence electrons. The number of carboxylic acids is 1. The van der Waals surface area contributed by atoms with Crippen LogP contribution in [0, 0.1) is 5.92 Å². The molecule has 3 rings (SSSR count). The fourth-order valence-corrected chi connectivity index (χ4v) is 5.49. The SMILES string of the molecule is CC[C@H](C[C@H]1CN(S(=O)(=O)c2ccnc(C(F)(F)F)c2)c2cc(CC(=O)OC(C)(C)C(F)(F)F)ccc2O1)C(=O)O. The molecule has 0 unspecified atom stereocenters. The lowest BCUT2D eigenvalue weighted by molar-refractivity contribution is -0.257. The lowest BCUT2D eigenvalue weighted by Crippen LogP contribution is -2.45. The van der Waals surface area contributed by atoms with Crippen LogP contribution in [0.4, 0.5) is 32.0 Å². The van der Waals surface area contributed by atoms with E-state index in [4.69, 9.17) is 4.74 Å². The summed E-state index contributed by atoms with van der Waals surface area (Å²) in [5.41, 5.74) is -4.46. The van der Waals surface area contributed by atoms with Gasteiger partial charge in [-0.05, 0) is 56.5 Å². The van der Waals surface area contributed by atoms with Gasteiger partial charge in [0.2, 0.25) is 5.60 Å². The van der Waals surface area contributed by atoms with Crippen molar-refractivity contribution in [3.8, 4) is 5.75 Å². The highest BCUT2D eigenvalue weighted by Crippen LogP contribution is 2.40. The Balaban J connectivity index is 2.03. The quantitative estimate of drug-likeness (QED) is 0.311. The lowest BCUT2D eigenvalue weighted by atomic mass is 9.98. The fraction of sp³-hybridized carbons (Fsp3) is 0.480. The molecule has 0 saturated carbocycles. The van der Waals surface area contributed by atoms with Crippen LogP contribution in [0.2, 0.25) is 0 Å². The minimum absolute atomic E-state index is 0.0247. The summed E-state index contributed by atoms with van der Waals surface area (Å²) >= 11 is 0. The Morgan fingerprint density at radius 1 is 1.15 bits per heavy atom. The maximum absolute atomic E-state index is 13.6. The van der Waals surface area contributed by atoms with Crippen molar-refractivity contribution in [3.05, 3.63) is 47.8 Å². The number of pyridine rings is 1. The van der Waals surface area contributed by atoms with Crippen molar-refractivity contribution in [1.82, 2.24) is 4.98 Å². The van der Waals surface area contributed by atoms with E-state index >= 15 is 0 Å². The van der Waals surface area contributed by atoms with Crippen LogP contribution in [0.5, 0.6) is 5.75 Å². The number of hydrogen-bond acceptors (Lipinski definition) is 7. The molecule has 2 heterocycles. The van der Waals surface area contributed by atoms with Gasteiger partial charge in [-0.1, -0.05) is 13.0 Å². The minimum atomic E-state index is -4.95. The van der Waals surface area contributed by atoms with E-state index in [0.29, 0.717) is 26.1 Å². The zero-order valence-corrected chi connectivity index (χ0v) is 22.7. The molecule has 1 aliphatic heterocycles. The smallest absolute Gasteiger partial charge is 0.433 e. The number of fused-ring (bicyclic) bond motifs is 1. The lowest BCUT2D eigenvalue weighted by Gasteiger charge is -2.36. The molecule has 0 saturated heterocycles. The number of carbonyl (C=O) groups is 2. The van der Waals surface area contributed by atoms with Crippen molar-refractivity contribution in [1.29, 1.82) is 0 Å². The third-order valence-corrected chi connectivity index (χ3v) is 8.13. The maximum Gasteiger partial charge on any atom is 0.433 e. The van der Waals surface area contributed by atoms with Gasteiger partial charge in [0.25, 0.3) is 10.0 Å². The van der Waals surface area contributed by atoms with Crippen LogP contribution in [-0.4, -0.2) is 54.9 Å². The van der Waals surface area contributed by atoms with Crippen LogP contribution in [0.25, 0.3) is 0 Å². The normalized spacial score (nSPS) is 16.9. The second-order valence-corrected chi connectivity index (χ2v) is 11.7. The Labute approximate surface area is 231 Å². The summed E-state index contributed by atoms with van der Waals surface area (Å²) in [5.74, 6) is -3.44. The molecule has 2 atom stereocenters. The van der Waals surface area contributed by atoms with E-state index < -0.39 is 75.5 Å². The van der Waals surface area contributed by atoms with E-state index in [9.17, 15) is 49.5 Å². The first-order valence-corrected chi connectivity index (χ1v) is 13.6. The molecule has 0 aliphatic carbocycles. The Bertz CT molecular complexity index is 1410. The Morgan fingerprint density at radius 2 is 1.80 bits per heavy atom. The van der Waals surface area contributed by atoms with Gasteiger partial charge in [0.05, 0.1) is 29.5 Å². The van der Waals surface area contributed by atoms with Gasteiger partial charge in [-0.2, -0.15) is 26.3 Å².